The van der Waals surface area contributed by atoms with Crippen LogP contribution in [0, 0.1) is 5.82 Å². The molecule has 0 bridgehead atoms. The van der Waals surface area contributed by atoms with Crippen molar-refractivity contribution in [3.8, 4) is 11.3 Å². The van der Waals surface area contributed by atoms with Gasteiger partial charge in [-0.25, -0.2) is 4.39 Å². The normalized spacial score (nSPS) is 10.7. The average Bonchev–Trinajstić information content (AvgIpc) is 3.01. The zero-order chi connectivity index (χ0) is 16.7. The second kappa shape index (κ2) is 8.51. The van der Waals surface area contributed by atoms with Crippen LogP contribution in [0.1, 0.15) is 38.9 Å². The topological polar surface area (TPSA) is 33.5 Å². The molecule has 0 aliphatic heterocycles. The molecule has 0 atom stereocenters. The number of carbonyl (C=O) groups is 1. The first-order valence-corrected chi connectivity index (χ1v) is 8.27. The van der Waals surface area contributed by atoms with Crippen LogP contribution in [0.4, 0.5) is 4.39 Å². The van der Waals surface area contributed by atoms with Crippen molar-refractivity contribution in [3.05, 3.63) is 48.0 Å². The van der Waals surface area contributed by atoms with Crippen LogP contribution in [0.25, 0.3) is 11.3 Å². The largest absolute Gasteiger partial charge is 0.461 e. The SMILES string of the molecule is CCCN(CCC)C(=O)CCc1ccc(-c2ccccc2F)o1. The predicted octanol–water partition coefficient (Wildman–Crippen LogP) is 4.67. The van der Waals surface area contributed by atoms with Crippen LogP contribution in [0.3, 0.4) is 0 Å². The standard InChI is InChI=1S/C19H24FNO2/c1-3-13-21(14-4-2)19(22)12-10-15-9-11-18(23-15)16-7-5-6-8-17(16)20/h5-9,11H,3-4,10,12-14H2,1-2H3. The third kappa shape index (κ3) is 4.68. The number of hydrogen-bond donors (Lipinski definition) is 0. The summed E-state index contributed by atoms with van der Waals surface area (Å²) in [6, 6.07) is 10.1. The van der Waals surface area contributed by atoms with Gasteiger partial charge in [0.25, 0.3) is 0 Å². The molecule has 0 aliphatic rings. The third-order valence-corrected chi connectivity index (χ3v) is 3.73. The van der Waals surface area contributed by atoms with Crippen LogP contribution in [0.5, 0.6) is 0 Å². The second-order valence-electron chi connectivity index (χ2n) is 5.63. The van der Waals surface area contributed by atoms with E-state index in [9.17, 15) is 9.18 Å². The van der Waals surface area contributed by atoms with Gasteiger partial charge in [-0.1, -0.05) is 26.0 Å². The summed E-state index contributed by atoms with van der Waals surface area (Å²) in [7, 11) is 0. The van der Waals surface area contributed by atoms with Crippen LogP contribution in [-0.2, 0) is 11.2 Å². The van der Waals surface area contributed by atoms with E-state index < -0.39 is 0 Å². The molecule has 0 aliphatic carbocycles. The zero-order valence-electron chi connectivity index (χ0n) is 13.8. The molecule has 0 N–H and O–H groups in total. The highest BCUT2D eigenvalue weighted by atomic mass is 19.1. The van der Waals surface area contributed by atoms with Crippen molar-refractivity contribution < 1.29 is 13.6 Å². The Hall–Kier alpha value is -2.10. The highest BCUT2D eigenvalue weighted by molar-refractivity contribution is 5.76. The van der Waals surface area contributed by atoms with Crippen LogP contribution >= 0.6 is 0 Å². The molecular weight excluding hydrogens is 293 g/mol. The molecule has 4 heteroatoms. The lowest BCUT2D eigenvalue weighted by Gasteiger charge is -2.21. The molecule has 0 unspecified atom stereocenters. The summed E-state index contributed by atoms with van der Waals surface area (Å²) in [6.07, 6.45) is 2.88. The summed E-state index contributed by atoms with van der Waals surface area (Å²) in [6.45, 7) is 5.74. The van der Waals surface area contributed by atoms with E-state index in [1.54, 1.807) is 24.3 Å². The third-order valence-electron chi connectivity index (χ3n) is 3.73. The fourth-order valence-electron chi connectivity index (χ4n) is 2.61. The molecule has 2 rings (SSSR count). The molecule has 1 aromatic heterocycles. The van der Waals surface area contributed by atoms with Gasteiger partial charge in [-0.2, -0.15) is 0 Å². The molecule has 23 heavy (non-hydrogen) atoms. The van der Waals surface area contributed by atoms with E-state index in [1.165, 1.54) is 6.07 Å². The van der Waals surface area contributed by atoms with E-state index in [-0.39, 0.29) is 11.7 Å². The number of rotatable bonds is 8. The van der Waals surface area contributed by atoms with Gasteiger partial charge in [-0.05, 0) is 37.1 Å². The van der Waals surface area contributed by atoms with Crippen LogP contribution < -0.4 is 0 Å². The number of halogens is 1. The van der Waals surface area contributed by atoms with Crippen molar-refractivity contribution in [3.63, 3.8) is 0 Å². The van der Waals surface area contributed by atoms with E-state index in [0.29, 0.717) is 29.9 Å². The van der Waals surface area contributed by atoms with E-state index in [2.05, 4.69) is 13.8 Å². The lowest BCUT2D eigenvalue weighted by Crippen LogP contribution is -2.32. The Labute approximate surface area is 137 Å². The molecule has 0 fully saturated rings. The summed E-state index contributed by atoms with van der Waals surface area (Å²) in [5, 5.41) is 0. The molecular formula is C19H24FNO2. The Morgan fingerprint density at radius 2 is 1.78 bits per heavy atom. The first kappa shape index (κ1) is 17.3. The Bertz CT molecular complexity index is 630. The lowest BCUT2D eigenvalue weighted by molar-refractivity contribution is -0.131. The minimum Gasteiger partial charge on any atom is -0.461 e. The van der Waals surface area contributed by atoms with Crippen LogP contribution in [-0.4, -0.2) is 23.9 Å². The number of amides is 1. The Kier molecular flexibility index (Phi) is 6.39. The van der Waals surface area contributed by atoms with Gasteiger partial charge in [0.2, 0.25) is 5.91 Å². The molecule has 3 nitrogen and oxygen atoms in total. The van der Waals surface area contributed by atoms with E-state index >= 15 is 0 Å². The lowest BCUT2D eigenvalue weighted by atomic mass is 10.1. The number of furan rings is 1. The zero-order valence-corrected chi connectivity index (χ0v) is 13.8. The second-order valence-corrected chi connectivity index (χ2v) is 5.63. The first-order chi connectivity index (χ1) is 11.2. The average molecular weight is 317 g/mol. The van der Waals surface area contributed by atoms with Crippen LogP contribution in [0.15, 0.2) is 40.8 Å². The van der Waals surface area contributed by atoms with Gasteiger partial charge in [0.15, 0.2) is 0 Å². The number of hydrogen-bond acceptors (Lipinski definition) is 2. The van der Waals surface area contributed by atoms with Crippen molar-refractivity contribution in [2.75, 3.05) is 13.1 Å². The van der Waals surface area contributed by atoms with Gasteiger partial charge in [0.1, 0.15) is 17.3 Å². The van der Waals surface area contributed by atoms with Gasteiger partial charge in [-0.3, -0.25) is 4.79 Å². The predicted molar refractivity (Wildman–Crippen MR) is 89.6 cm³/mol. The molecule has 0 saturated carbocycles. The van der Waals surface area contributed by atoms with Crippen molar-refractivity contribution in [1.82, 2.24) is 4.90 Å². The van der Waals surface area contributed by atoms with Crippen molar-refractivity contribution in [1.29, 1.82) is 0 Å². The van der Waals surface area contributed by atoms with Gasteiger partial charge in [0.05, 0.1) is 5.56 Å². The van der Waals surface area contributed by atoms with Crippen molar-refractivity contribution in [2.45, 2.75) is 39.5 Å². The summed E-state index contributed by atoms with van der Waals surface area (Å²) in [5.74, 6) is 1.06. The molecule has 1 heterocycles. The summed E-state index contributed by atoms with van der Waals surface area (Å²) >= 11 is 0. The smallest absolute Gasteiger partial charge is 0.223 e. The quantitative estimate of drug-likeness (QED) is 0.709. The highest BCUT2D eigenvalue weighted by Gasteiger charge is 2.14. The number of carbonyl (C=O) groups excluding carboxylic acids is 1. The molecule has 0 saturated heterocycles. The maximum absolute atomic E-state index is 13.8. The van der Waals surface area contributed by atoms with Crippen molar-refractivity contribution >= 4 is 5.91 Å². The van der Waals surface area contributed by atoms with Gasteiger partial charge in [-0.15, -0.1) is 0 Å². The molecule has 2 aromatic rings. The fourth-order valence-corrected chi connectivity index (χ4v) is 2.61. The summed E-state index contributed by atoms with van der Waals surface area (Å²) in [4.78, 5) is 14.2. The van der Waals surface area contributed by atoms with E-state index in [1.807, 2.05) is 11.0 Å². The fraction of sp³-hybridized carbons (Fsp3) is 0.421. The minimum atomic E-state index is -0.304. The van der Waals surface area contributed by atoms with E-state index in [0.717, 1.165) is 25.9 Å². The number of aryl methyl sites for hydroxylation is 1. The highest BCUT2D eigenvalue weighted by Crippen LogP contribution is 2.25. The molecule has 0 radical (unpaired) electrons. The van der Waals surface area contributed by atoms with Gasteiger partial charge >= 0.3 is 0 Å². The minimum absolute atomic E-state index is 0.151. The Balaban J connectivity index is 1.97. The Morgan fingerprint density at radius 1 is 1.09 bits per heavy atom. The van der Waals surface area contributed by atoms with E-state index in [4.69, 9.17) is 4.42 Å². The molecule has 1 amide bonds. The van der Waals surface area contributed by atoms with Gasteiger partial charge in [0, 0.05) is 25.9 Å². The Morgan fingerprint density at radius 3 is 2.43 bits per heavy atom. The summed E-state index contributed by atoms with van der Waals surface area (Å²) < 4.78 is 19.4. The molecule has 0 spiro atoms. The van der Waals surface area contributed by atoms with Crippen molar-refractivity contribution in [2.24, 2.45) is 0 Å². The van der Waals surface area contributed by atoms with Crippen LogP contribution in [0.2, 0.25) is 0 Å². The number of benzene rings is 1. The first-order valence-electron chi connectivity index (χ1n) is 8.27. The van der Waals surface area contributed by atoms with Gasteiger partial charge < -0.3 is 9.32 Å². The monoisotopic (exact) mass is 317 g/mol. The maximum Gasteiger partial charge on any atom is 0.223 e. The molecule has 124 valence electrons. The molecule has 1 aromatic carbocycles. The number of nitrogens with zero attached hydrogens (tertiary/aromatic N) is 1. The maximum atomic E-state index is 13.8. The summed E-state index contributed by atoms with van der Waals surface area (Å²) in [5.41, 5.74) is 0.448.